The van der Waals surface area contributed by atoms with Gasteiger partial charge in [0.15, 0.2) is 5.78 Å². The molecule has 1 rings (SSSR count). The molecule has 0 heterocycles. The van der Waals surface area contributed by atoms with E-state index in [1.54, 1.807) is 24.3 Å². The smallest absolute Gasteiger partial charge is 0.221 e. The van der Waals surface area contributed by atoms with Crippen molar-refractivity contribution in [3.05, 3.63) is 66.2 Å². The topological polar surface area (TPSA) is 46.2 Å². The van der Waals surface area contributed by atoms with Crippen molar-refractivity contribution in [3.8, 4) is 0 Å². The van der Waals surface area contributed by atoms with Crippen molar-refractivity contribution in [3.63, 3.8) is 0 Å². The molecule has 0 fully saturated rings. The number of nitrogens with one attached hydrogen (secondary N) is 1. The number of carbonyl (C=O) groups is 2. The molecule has 1 aromatic rings. The van der Waals surface area contributed by atoms with Crippen LogP contribution in [0.3, 0.4) is 0 Å². The van der Waals surface area contributed by atoms with E-state index < -0.39 is 0 Å². The Morgan fingerprint density at radius 3 is 1.88 bits per heavy atom. The first kappa shape index (κ1) is 27.7. The average Bonchev–Trinajstić information content (AvgIpc) is 2.57. The van der Waals surface area contributed by atoms with Gasteiger partial charge < -0.3 is 5.32 Å². The normalized spacial score (nSPS) is 8.84. The molecule has 4 heteroatoms. The molecule has 1 aromatic carbocycles. The van der Waals surface area contributed by atoms with Crippen molar-refractivity contribution < 1.29 is 9.59 Å². The van der Waals surface area contributed by atoms with Crippen LogP contribution in [0.1, 0.15) is 48.0 Å². The van der Waals surface area contributed by atoms with Gasteiger partial charge >= 0.3 is 0 Å². The minimum atomic E-state index is -0.113. The molecule has 0 aliphatic rings. The third-order valence-electron chi connectivity index (χ3n) is 2.11. The van der Waals surface area contributed by atoms with E-state index in [1.165, 1.54) is 26.3 Å². The molecule has 0 aliphatic carbocycles. The van der Waals surface area contributed by atoms with Crippen molar-refractivity contribution in [2.45, 2.75) is 48.0 Å². The van der Waals surface area contributed by atoms with E-state index >= 15 is 0 Å². The van der Waals surface area contributed by atoms with E-state index in [2.05, 4.69) is 32.3 Å². The molecule has 0 aliphatic heterocycles. The standard InChI is InChI=1S/C8H8ClNO.C8H10O.C3H8.C2H6/c1-6(11)10-8-5-3-2-4-7(8)9;1-4-6-8(5-2)7(3)9;1-3-2;1-2/h2-5H,1H3,(H,10,11);4-6H,1-2H2,3H3;3H2,1-2H3;1-2H3/b;8-6+;;. The van der Waals surface area contributed by atoms with Crippen LogP contribution in [0.2, 0.25) is 5.02 Å². The Bertz CT molecular complexity index is 549. The van der Waals surface area contributed by atoms with E-state index in [-0.39, 0.29) is 11.7 Å². The van der Waals surface area contributed by atoms with Crippen LogP contribution < -0.4 is 5.32 Å². The first-order valence-electron chi connectivity index (χ1n) is 8.32. The van der Waals surface area contributed by atoms with Gasteiger partial charge in [-0.3, -0.25) is 9.59 Å². The number of ketones is 1. The largest absolute Gasteiger partial charge is 0.325 e. The summed E-state index contributed by atoms with van der Waals surface area (Å²) in [4.78, 5) is 21.2. The number of para-hydroxylation sites is 1. The lowest BCUT2D eigenvalue weighted by atomic mass is 10.2. The monoisotopic (exact) mass is 365 g/mol. The van der Waals surface area contributed by atoms with Crippen LogP contribution in [0.25, 0.3) is 0 Å². The number of allylic oxidation sites excluding steroid dienone is 4. The summed E-state index contributed by atoms with van der Waals surface area (Å²) in [6.45, 7) is 18.1. The highest BCUT2D eigenvalue weighted by atomic mass is 35.5. The molecule has 0 unspecified atom stereocenters. The molecule has 0 bridgehead atoms. The van der Waals surface area contributed by atoms with Crippen LogP contribution >= 0.6 is 11.6 Å². The Kier molecular flexibility index (Phi) is 22.1. The van der Waals surface area contributed by atoms with Crippen molar-refractivity contribution in [1.29, 1.82) is 0 Å². The fourth-order valence-corrected chi connectivity index (χ4v) is 1.39. The molecule has 1 N–H and O–H groups in total. The van der Waals surface area contributed by atoms with Crippen LogP contribution in [-0.2, 0) is 9.59 Å². The highest BCUT2D eigenvalue weighted by Crippen LogP contribution is 2.19. The van der Waals surface area contributed by atoms with Gasteiger partial charge in [0, 0.05) is 12.5 Å². The summed E-state index contributed by atoms with van der Waals surface area (Å²) in [6.07, 6.45) is 5.97. The lowest BCUT2D eigenvalue weighted by Gasteiger charge is -2.02. The van der Waals surface area contributed by atoms with Crippen LogP contribution in [0.15, 0.2) is 61.2 Å². The van der Waals surface area contributed by atoms with Crippen molar-refractivity contribution in [1.82, 2.24) is 0 Å². The molecular formula is C21H32ClNO2. The zero-order chi connectivity index (χ0) is 20.3. The maximum Gasteiger partial charge on any atom is 0.221 e. The van der Waals surface area contributed by atoms with Crippen LogP contribution in [-0.4, -0.2) is 11.7 Å². The second-order valence-electron chi connectivity index (χ2n) is 4.49. The summed E-state index contributed by atoms with van der Waals surface area (Å²) >= 11 is 5.75. The van der Waals surface area contributed by atoms with Gasteiger partial charge in [0.2, 0.25) is 5.91 Å². The van der Waals surface area contributed by atoms with Crippen molar-refractivity contribution >= 4 is 29.0 Å². The van der Waals surface area contributed by atoms with Gasteiger partial charge in [0.1, 0.15) is 0 Å². The highest BCUT2D eigenvalue weighted by molar-refractivity contribution is 6.33. The number of benzene rings is 1. The molecule has 0 saturated heterocycles. The first-order valence-corrected chi connectivity index (χ1v) is 8.69. The van der Waals surface area contributed by atoms with E-state index in [0.29, 0.717) is 16.3 Å². The van der Waals surface area contributed by atoms with Crippen LogP contribution in [0, 0.1) is 0 Å². The number of anilines is 1. The number of Topliss-reactive ketones (excluding diaryl/α,β-unsaturated/α-hetero) is 1. The van der Waals surface area contributed by atoms with Gasteiger partial charge in [0.05, 0.1) is 10.7 Å². The van der Waals surface area contributed by atoms with Gasteiger partial charge in [-0.15, -0.1) is 0 Å². The molecule has 0 atom stereocenters. The van der Waals surface area contributed by atoms with Gasteiger partial charge in [0.25, 0.3) is 0 Å². The van der Waals surface area contributed by atoms with Crippen molar-refractivity contribution in [2.24, 2.45) is 0 Å². The average molecular weight is 366 g/mol. The number of hydrogen-bond donors (Lipinski definition) is 1. The van der Waals surface area contributed by atoms with E-state index in [4.69, 9.17) is 11.6 Å². The Labute approximate surface area is 158 Å². The number of rotatable bonds is 4. The third-order valence-corrected chi connectivity index (χ3v) is 2.44. The second kappa shape index (κ2) is 19.9. The fraction of sp³-hybridized carbons (Fsp3) is 0.333. The molecule has 25 heavy (non-hydrogen) atoms. The summed E-state index contributed by atoms with van der Waals surface area (Å²) in [5, 5.41) is 3.16. The fourth-order valence-electron chi connectivity index (χ4n) is 1.21. The number of amides is 1. The Morgan fingerprint density at radius 1 is 1.12 bits per heavy atom. The molecule has 0 aromatic heterocycles. The quantitative estimate of drug-likeness (QED) is 0.481. The molecule has 140 valence electrons. The predicted molar refractivity (Wildman–Crippen MR) is 112 cm³/mol. The van der Waals surface area contributed by atoms with E-state index in [0.717, 1.165) is 0 Å². The summed E-state index contributed by atoms with van der Waals surface area (Å²) in [5.74, 6) is -0.0944. The molecule has 3 nitrogen and oxygen atoms in total. The SMILES string of the molecule is C=C/C=C(\C=C)C(C)=O.CC.CC(=O)Nc1ccccc1Cl.CCC. The van der Waals surface area contributed by atoms with Gasteiger partial charge in [-0.05, 0) is 19.1 Å². The number of halogens is 1. The zero-order valence-electron chi connectivity index (χ0n) is 16.4. The number of carbonyl (C=O) groups excluding carboxylic acids is 2. The lowest BCUT2D eigenvalue weighted by Crippen LogP contribution is -2.05. The molecular weight excluding hydrogens is 334 g/mol. The van der Waals surface area contributed by atoms with Crippen LogP contribution in [0.4, 0.5) is 5.69 Å². The van der Waals surface area contributed by atoms with Crippen LogP contribution in [0.5, 0.6) is 0 Å². The summed E-state index contributed by atoms with van der Waals surface area (Å²) in [5.41, 5.74) is 1.26. The second-order valence-corrected chi connectivity index (χ2v) is 4.89. The third kappa shape index (κ3) is 18.1. The summed E-state index contributed by atoms with van der Waals surface area (Å²) in [6, 6.07) is 7.11. The number of hydrogen-bond acceptors (Lipinski definition) is 2. The Morgan fingerprint density at radius 2 is 1.60 bits per heavy atom. The van der Waals surface area contributed by atoms with Gasteiger partial charge in [-0.1, -0.05) is 89.2 Å². The maximum atomic E-state index is 10.6. The Balaban J connectivity index is -0.000000312. The Hall–Kier alpha value is -2.13. The zero-order valence-corrected chi connectivity index (χ0v) is 17.1. The highest BCUT2D eigenvalue weighted by Gasteiger charge is 1.98. The van der Waals surface area contributed by atoms with Crippen molar-refractivity contribution in [2.75, 3.05) is 5.32 Å². The molecule has 0 radical (unpaired) electrons. The van der Waals surface area contributed by atoms with E-state index in [1.807, 2.05) is 26.0 Å². The van der Waals surface area contributed by atoms with Gasteiger partial charge in [-0.25, -0.2) is 0 Å². The van der Waals surface area contributed by atoms with E-state index in [9.17, 15) is 9.59 Å². The molecule has 0 spiro atoms. The minimum Gasteiger partial charge on any atom is -0.325 e. The maximum absolute atomic E-state index is 10.6. The minimum absolute atomic E-state index is 0.0184. The summed E-state index contributed by atoms with van der Waals surface area (Å²) < 4.78 is 0. The molecule has 0 saturated carbocycles. The molecule has 1 amide bonds. The first-order chi connectivity index (χ1) is 11.8. The predicted octanol–water partition coefficient (Wildman–Crippen LogP) is 6.61. The van der Waals surface area contributed by atoms with Gasteiger partial charge in [-0.2, -0.15) is 0 Å². The lowest BCUT2D eigenvalue weighted by molar-refractivity contribution is -0.114. The summed E-state index contributed by atoms with van der Waals surface area (Å²) in [7, 11) is 0.